The lowest BCUT2D eigenvalue weighted by molar-refractivity contribution is -0.118. The van der Waals surface area contributed by atoms with Crippen LogP contribution in [0.4, 0.5) is 0 Å². The molecule has 0 spiro atoms. The summed E-state index contributed by atoms with van der Waals surface area (Å²) < 4.78 is 0. The Hall–Kier alpha value is -1.44. The lowest BCUT2D eigenvalue weighted by Crippen LogP contribution is -2.08. The van der Waals surface area contributed by atoms with E-state index >= 15 is 0 Å². The van der Waals surface area contributed by atoms with Crippen LogP contribution in [0.25, 0.3) is 0 Å². The molecule has 0 atom stereocenters. The third kappa shape index (κ3) is 13.4. The highest BCUT2D eigenvalue weighted by Crippen LogP contribution is 2.14. The zero-order chi connectivity index (χ0) is 21.2. The molecule has 0 aliphatic rings. The highest BCUT2D eigenvalue weighted by Gasteiger charge is 2.11. The van der Waals surface area contributed by atoms with Crippen molar-refractivity contribution in [1.29, 1.82) is 0 Å². The first-order valence-electron chi connectivity index (χ1n) is 12.3. The van der Waals surface area contributed by atoms with E-state index < -0.39 is 0 Å². The predicted octanol–water partition coefficient (Wildman–Crippen LogP) is 8.26. The number of hydrogen-bond acceptors (Lipinski definition) is 2. The van der Waals surface area contributed by atoms with Crippen molar-refractivity contribution in [1.82, 2.24) is 0 Å². The van der Waals surface area contributed by atoms with Crippen LogP contribution in [-0.2, 0) is 11.2 Å². The second kappa shape index (κ2) is 17.4. The first kappa shape index (κ1) is 25.6. The summed E-state index contributed by atoms with van der Waals surface area (Å²) in [5.41, 5.74) is 1.98. The fraction of sp³-hybridized carbons (Fsp3) is 0.704. The van der Waals surface area contributed by atoms with E-state index in [1.165, 1.54) is 82.6 Å². The van der Waals surface area contributed by atoms with Gasteiger partial charge in [0.05, 0.1) is 6.42 Å². The Kier molecular flexibility index (Phi) is 15.4. The lowest BCUT2D eigenvalue weighted by atomic mass is 9.99. The van der Waals surface area contributed by atoms with Gasteiger partial charge in [-0.3, -0.25) is 9.59 Å². The Morgan fingerprint density at radius 1 is 0.621 bits per heavy atom. The maximum absolute atomic E-state index is 12.3. The second-order valence-corrected chi connectivity index (χ2v) is 8.58. The minimum Gasteiger partial charge on any atom is -0.299 e. The second-order valence-electron chi connectivity index (χ2n) is 8.58. The fourth-order valence-electron chi connectivity index (χ4n) is 3.79. The number of hydrogen-bond donors (Lipinski definition) is 0. The molecule has 0 aliphatic heterocycles. The van der Waals surface area contributed by atoms with Crippen molar-refractivity contribution in [3.63, 3.8) is 0 Å². The van der Waals surface area contributed by atoms with Crippen LogP contribution in [0.3, 0.4) is 0 Å². The molecule has 1 rings (SSSR count). The van der Waals surface area contributed by atoms with Crippen LogP contribution in [0.15, 0.2) is 24.3 Å². The Balaban J connectivity index is 2.15. The van der Waals surface area contributed by atoms with E-state index in [1.54, 1.807) is 0 Å². The normalized spacial score (nSPS) is 11.0. The molecule has 0 N–H and O–H groups in total. The molecule has 0 heterocycles. The molecule has 1 aromatic rings. The molecule has 0 saturated heterocycles. The molecule has 0 amide bonds. The smallest absolute Gasteiger partial charge is 0.170 e. The highest BCUT2D eigenvalue weighted by molar-refractivity contribution is 6.07. The van der Waals surface area contributed by atoms with Gasteiger partial charge < -0.3 is 0 Å². The van der Waals surface area contributed by atoms with E-state index in [-0.39, 0.29) is 18.0 Å². The fourth-order valence-corrected chi connectivity index (χ4v) is 3.79. The largest absolute Gasteiger partial charge is 0.299 e. The Bertz CT molecular complexity index is 544. The quantitative estimate of drug-likeness (QED) is 0.133. The van der Waals surface area contributed by atoms with Crippen molar-refractivity contribution in [2.24, 2.45) is 0 Å². The SMILES string of the molecule is CCCCCCCCCCC(=O)CC(=O)c1ccc(CCCCCCCC)cc1. The first-order chi connectivity index (χ1) is 14.2. The molecule has 0 unspecified atom stereocenters. The van der Waals surface area contributed by atoms with Crippen molar-refractivity contribution in [3.8, 4) is 0 Å². The van der Waals surface area contributed by atoms with E-state index in [4.69, 9.17) is 0 Å². The number of unbranched alkanes of at least 4 members (excludes halogenated alkanes) is 12. The molecule has 0 radical (unpaired) electrons. The minimum absolute atomic E-state index is 0.0271. The molecule has 1 aromatic carbocycles. The number of carbonyl (C=O) groups excluding carboxylic acids is 2. The minimum atomic E-state index is -0.0271. The zero-order valence-electron chi connectivity index (χ0n) is 19.1. The van der Waals surface area contributed by atoms with Gasteiger partial charge in [0, 0.05) is 12.0 Å². The number of rotatable bonds is 19. The van der Waals surface area contributed by atoms with E-state index in [1.807, 2.05) is 12.1 Å². The van der Waals surface area contributed by atoms with Crippen molar-refractivity contribution >= 4 is 11.6 Å². The van der Waals surface area contributed by atoms with Crippen molar-refractivity contribution in [2.75, 3.05) is 0 Å². The molecule has 2 nitrogen and oxygen atoms in total. The van der Waals surface area contributed by atoms with E-state index in [0.717, 1.165) is 19.3 Å². The molecule has 0 aliphatic carbocycles. The van der Waals surface area contributed by atoms with Gasteiger partial charge in [-0.2, -0.15) is 0 Å². The van der Waals surface area contributed by atoms with E-state index in [0.29, 0.717) is 12.0 Å². The van der Waals surface area contributed by atoms with Crippen LogP contribution in [0.1, 0.15) is 133 Å². The van der Waals surface area contributed by atoms with Gasteiger partial charge in [0.15, 0.2) is 5.78 Å². The third-order valence-electron chi connectivity index (χ3n) is 5.76. The zero-order valence-corrected chi connectivity index (χ0v) is 19.1. The van der Waals surface area contributed by atoms with Crippen LogP contribution in [0.2, 0.25) is 0 Å². The summed E-state index contributed by atoms with van der Waals surface area (Å²) in [6.07, 6.45) is 19.3. The Labute approximate surface area is 179 Å². The number of Topliss-reactive ketones (excluding diaryl/α,β-unsaturated/α-hetero) is 2. The summed E-state index contributed by atoms with van der Waals surface area (Å²) in [7, 11) is 0. The third-order valence-corrected chi connectivity index (χ3v) is 5.76. The van der Waals surface area contributed by atoms with Crippen molar-refractivity contribution in [3.05, 3.63) is 35.4 Å². The first-order valence-corrected chi connectivity index (χ1v) is 12.3. The molecule has 2 heteroatoms. The predicted molar refractivity (Wildman–Crippen MR) is 125 cm³/mol. The van der Waals surface area contributed by atoms with Gasteiger partial charge in [-0.15, -0.1) is 0 Å². The molecule has 29 heavy (non-hydrogen) atoms. The average Bonchev–Trinajstić information content (AvgIpc) is 2.73. The van der Waals surface area contributed by atoms with Gasteiger partial charge in [-0.25, -0.2) is 0 Å². The Morgan fingerprint density at radius 3 is 1.66 bits per heavy atom. The van der Waals surface area contributed by atoms with Crippen molar-refractivity contribution in [2.45, 2.75) is 123 Å². The van der Waals surface area contributed by atoms with Gasteiger partial charge in [-0.05, 0) is 24.8 Å². The summed E-state index contributed by atoms with van der Waals surface area (Å²) >= 11 is 0. The standard InChI is InChI=1S/C27H44O2/c1-3-5-7-9-11-12-14-16-18-26(28)23-27(29)25-21-19-24(20-22-25)17-15-13-10-8-6-4-2/h19-22H,3-18,23H2,1-2H3. The summed E-state index contributed by atoms with van der Waals surface area (Å²) in [5, 5.41) is 0. The number of carbonyl (C=O) groups is 2. The van der Waals surface area contributed by atoms with Gasteiger partial charge in [0.2, 0.25) is 0 Å². The molecule has 0 fully saturated rings. The summed E-state index contributed by atoms with van der Waals surface area (Å²) in [4.78, 5) is 24.4. The van der Waals surface area contributed by atoms with E-state index in [9.17, 15) is 9.59 Å². The molecule has 0 aromatic heterocycles. The number of aryl methyl sites for hydroxylation is 1. The van der Waals surface area contributed by atoms with Gasteiger partial charge in [0.1, 0.15) is 5.78 Å². The molecular weight excluding hydrogens is 356 g/mol. The molecular formula is C27H44O2. The summed E-state index contributed by atoms with van der Waals surface area (Å²) in [5.74, 6) is 0.0674. The highest BCUT2D eigenvalue weighted by atomic mass is 16.1. The topological polar surface area (TPSA) is 34.1 Å². The summed E-state index contributed by atoms with van der Waals surface area (Å²) in [6.45, 7) is 4.48. The van der Waals surface area contributed by atoms with Crippen molar-refractivity contribution < 1.29 is 9.59 Å². The van der Waals surface area contributed by atoms with Gasteiger partial charge in [0.25, 0.3) is 0 Å². The van der Waals surface area contributed by atoms with Gasteiger partial charge in [-0.1, -0.05) is 115 Å². The summed E-state index contributed by atoms with van der Waals surface area (Å²) in [6, 6.07) is 7.92. The van der Waals surface area contributed by atoms with Crippen LogP contribution < -0.4 is 0 Å². The molecule has 0 bridgehead atoms. The molecule has 0 saturated carbocycles. The monoisotopic (exact) mass is 400 g/mol. The number of benzene rings is 1. The van der Waals surface area contributed by atoms with Crippen LogP contribution in [0.5, 0.6) is 0 Å². The maximum atomic E-state index is 12.3. The maximum Gasteiger partial charge on any atom is 0.170 e. The Morgan fingerprint density at radius 2 is 1.10 bits per heavy atom. The van der Waals surface area contributed by atoms with E-state index in [2.05, 4.69) is 26.0 Å². The average molecular weight is 401 g/mol. The van der Waals surface area contributed by atoms with Crippen LogP contribution in [0, 0.1) is 0 Å². The molecule has 164 valence electrons. The van der Waals surface area contributed by atoms with Gasteiger partial charge >= 0.3 is 0 Å². The lowest BCUT2D eigenvalue weighted by Gasteiger charge is -2.05. The van der Waals surface area contributed by atoms with Crippen LogP contribution in [-0.4, -0.2) is 11.6 Å². The van der Waals surface area contributed by atoms with Crippen LogP contribution >= 0.6 is 0 Å². The number of ketones is 2.